The van der Waals surface area contributed by atoms with Gasteiger partial charge in [0.25, 0.3) is 5.91 Å². The molecule has 1 amide bonds. The minimum Gasteiger partial charge on any atom is -0.422 e. The molecule has 0 atom stereocenters. The number of hydrogen-bond acceptors (Lipinski definition) is 5. The Labute approximate surface area is 170 Å². The number of para-hydroxylation sites is 2. The lowest BCUT2D eigenvalue weighted by Gasteiger charge is -2.09. The molecule has 0 radical (unpaired) electrons. The number of carbonyl (C=O) groups is 1. The van der Waals surface area contributed by atoms with Crippen LogP contribution in [0.5, 0.6) is 0 Å². The summed E-state index contributed by atoms with van der Waals surface area (Å²) < 4.78 is 6.81. The van der Waals surface area contributed by atoms with Gasteiger partial charge in [0.2, 0.25) is 0 Å². The summed E-state index contributed by atoms with van der Waals surface area (Å²) in [7, 11) is 0. The summed E-state index contributed by atoms with van der Waals surface area (Å²) in [6.07, 6.45) is 0. The van der Waals surface area contributed by atoms with E-state index in [-0.39, 0.29) is 5.56 Å². The first-order valence-corrected chi connectivity index (χ1v) is 9.35. The zero-order valence-electron chi connectivity index (χ0n) is 16.0. The zero-order valence-corrected chi connectivity index (χ0v) is 16.0. The molecule has 0 aliphatic rings. The maximum absolute atomic E-state index is 12.9. The fraction of sp³-hybridized carbons (Fsp3) is 0.0435. The van der Waals surface area contributed by atoms with Gasteiger partial charge in [-0.1, -0.05) is 36.4 Å². The number of carbonyl (C=O) groups excluding carboxylic acids is 1. The molecule has 7 nitrogen and oxygen atoms in total. The Bertz CT molecular complexity index is 1480. The maximum atomic E-state index is 12.9. The first kappa shape index (κ1) is 17.8. The third-order valence-electron chi connectivity index (χ3n) is 4.76. The van der Waals surface area contributed by atoms with Gasteiger partial charge in [-0.25, -0.2) is 9.78 Å². The van der Waals surface area contributed by atoms with Crippen molar-refractivity contribution in [3.05, 3.63) is 94.5 Å². The molecule has 0 bridgehead atoms. The predicted octanol–water partition coefficient (Wildman–Crippen LogP) is 4.09. The lowest BCUT2D eigenvalue weighted by Crippen LogP contribution is -2.22. The number of nitrogens with zero attached hydrogens (tertiary/aromatic N) is 3. The summed E-state index contributed by atoms with van der Waals surface area (Å²) >= 11 is 0. The van der Waals surface area contributed by atoms with E-state index in [1.54, 1.807) is 28.9 Å². The van der Waals surface area contributed by atoms with Crippen LogP contribution in [0.3, 0.4) is 0 Å². The molecular formula is C23H16N4O3. The number of rotatable bonds is 3. The molecule has 146 valence electrons. The average Bonchev–Trinajstić information content (AvgIpc) is 3.12. The molecule has 0 fully saturated rings. The Morgan fingerprint density at radius 3 is 2.60 bits per heavy atom. The van der Waals surface area contributed by atoms with Crippen LogP contribution >= 0.6 is 0 Å². The fourth-order valence-corrected chi connectivity index (χ4v) is 3.34. The average molecular weight is 396 g/mol. The van der Waals surface area contributed by atoms with E-state index in [1.807, 2.05) is 49.4 Å². The summed E-state index contributed by atoms with van der Waals surface area (Å²) in [5.74, 6) is 0.395. The topological polar surface area (TPSA) is 90.0 Å². The molecule has 5 aromatic rings. The normalized spacial score (nSPS) is 11.1. The SMILES string of the molecule is Cc1cc(NC(=O)c2cc3ccccc3oc2=O)n(-c2ccc3ccccc3n2)n1. The molecule has 1 N–H and O–H groups in total. The Hall–Kier alpha value is -4.26. The number of aryl methyl sites for hydroxylation is 1. The highest BCUT2D eigenvalue weighted by Gasteiger charge is 2.17. The van der Waals surface area contributed by atoms with Crippen molar-refractivity contribution >= 4 is 33.6 Å². The Kier molecular flexibility index (Phi) is 4.14. The number of hydrogen-bond donors (Lipinski definition) is 1. The minimum atomic E-state index is -0.696. The summed E-state index contributed by atoms with van der Waals surface area (Å²) in [6.45, 7) is 1.82. The molecule has 30 heavy (non-hydrogen) atoms. The highest BCUT2D eigenvalue weighted by Crippen LogP contribution is 2.20. The Morgan fingerprint density at radius 1 is 0.967 bits per heavy atom. The first-order chi connectivity index (χ1) is 14.6. The monoisotopic (exact) mass is 396 g/mol. The van der Waals surface area contributed by atoms with E-state index < -0.39 is 11.5 Å². The van der Waals surface area contributed by atoms with Gasteiger partial charge in [-0.2, -0.15) is 9.78 Å². The Balaban J connectivity index is 1.53. The van der Waals surface area contributed by atoms with Crippen LogP contribution in [0.1, 0.15) is 16.1 Å². The number of aromatic nitrogens is 3. The van der Waals surface area contributed by atoms with E-state index in [4.69, 9.17) is 4.42 Å². The van der Waals surface area contributed by atoms with Gasteiger partial charge >= 0.3 is 5.63 Å². The van der Waals surface area contributed by atoms with Crippen molar-refractivity contribution in [2.75, 3.05) is 5.32 Å². The van der Waals surface area contributed by atoms with Gasteiger partial charge in [0.15, 0.2) is 5.82 Å². The highest BCUT2D eigenvalue weighted by molar-refractivity contribution is 6.05. The summed E-state index contributed by atoms with van der Waals surface area (Å²) in [4.78, 5) is 29.8. The van der Waals surface area contributed by atoms with Crippen LogP contribution in [0.4, 0.5) is 5.82 Å². The number of fused-ring (bicyclic) bond motifs is 2. The summed E-state index contributed by atoms with van der Waals surface area (Å²) in [5, 5.41) is 8.88. The molecular weight excluding hydrogens is 380 g/mol. The third-order valence-corrected chi connectivity index (χ3v) is 4.76. The van der Waals surface area contributed by atoms with Crippen molar-refractivity contribution < 1.29 is 9.21 Å². The van der Waals surface area contributed by atoms with E-state index in [0.717, 1.165) is 10.9 Å². The largest absolute Gasteiger partial charge is 0.422 e. The number of nitrogens with one attached hydrogen (secondary N) is 1. The number of amides is 1. The maximum Gasteiger partial charge on any atom is 0.349 e. The molecule has 7 heteroatoms. The quantitative estimate of drug-likeness (QED) is 0.464. The summed E-state index contributed by atoms with van der Waals surface area (Å²) in [6, 6.07) is 21.8. The van der Waals surface area contributed by atoms with Crippen LogP contribution < -0.4 is 10.9 Å². The van der Waals surface area contributed by atoms with Crippen LogP contribution in [0.25, 0.3) is 27.7 Å². The van der Waals surface area contributed by atoms with E-state index in [0.29, 0.717) is 28.3 Å². The Morgan fingerprint density at radius 2 is 1.73 bits per heavy atom. The second-order valence-corrected chi connectivity index (χ2v) is 6.88. The van der Waals surface area contributed by atoms with Crippen molar-refractivity contribution in [3.63, 3.8) is 0 Å². The number of pyridine rings is 1. The lowest BCUT2D eigenvalue weighted by molar-refractivity contribution is 0.102. The second-order valence-electron chi connectivity index (χ2n) is 6.88. The second kappa shape index (κ2) is 6.97. The molecule has 0 unspecified atom stereocenters. The molecule has 0 saturated carbocycles. The van der Waals surface area contributed by atoms with Crippen molar-refractivity contribution in [1.82, 2.24) is 14.8 Å². The van der Waals surface area contributed by atoms with Crippen LogP contribution in [0.15, 0.2) is 82.0 Å². The first-order valence-electron chi connectivity index (χ1n) is 9.35. The molecule has 0 spiro atoms. The van der Waals surface area contributed by atoms with Crippen molar-refractivity contribution in [2.45, 2.75) is 6.92 Å². The number of anilines is 1. The number of benzene rings is 2. The molecule has 0 aliphatic carbocycles. The summed E-state index contributed by atoms with van der Waals surface area (Å²) in [5.41, 5.74) is 1.17. The smallest absolute Gasteiger partial charge is 0.349 e. The van der Waals surface area contributed by atoms with E-state index in [2.05, 4.69) is 15.4 Å². The van der Waals surface area contributed by atoms with E-state index >= 15 is 0 Å². The van der Waals surface area contributed by atoms with Crippen molar-refractivity contribution in [1.29, 1.82) is 0 Å². The zero-order chi connectivity index (χ0) is 20.7. The predicted molar refractivity (Wildman–Crippen MR) is 114 cm³/mol. The lowest BCUT2D eigenvalue weighted by atomic mass is 10.2. The van der Waals surface area contributed by atoms with Gasteiger partial charge in [-0.05, 0) is 37.3 Å². The standard InChI is InChI=1S/C23H16N4O3/c1-14-12-21(27(26-14)20-11-10-15-6-2-4-8-18(15)24-20)25-22(28)17-13-16-7-3-5-9-19(16)30-23(17)29/h2-13H,1H3,(H,25,28). The fourth-order valence-electron chi connectivity index (χ4n) is 3.34. The highest BCUT2D eigenvalue weighted by atomic mass is 16.4. The minimum absolute atomic E-state index is 0.0782. The van der Waals surface area contributed by atoms with Crippen LogP contribution in [0, 0.1) is 6.92 Å². The van der Waals surface area contributed by atoms with Gasteiger partial charge in [0, 0.05) is 16.8 Å². The van der Waals surface area contributed by atoms with Crippen molar-refractivity contribution in [2.24, 2.45) is 0 Å². The molecule has 3 heterocycles. The third kappa shape index (κ3) is 3.12. The van der Waals surface area contributed by atoms with Gasteiger partial charge in [-0.15, -0.1) is 0 Å². The van der Waals surface area contributed by atoms with Gasteiger partial charge < -0.3 is 9.73 Å². The molecule has 0 aliphatic heterocycles. The van der Waals surface area contributed by atoms with Crippen LogP contribution in [-0.4, -0.2) is 20.7 Å². The van der Waals surface area contributed by atoms with Crippen LogP contribution in [0.2, 0.25) is 0 Å². The molecule has 2 aromatic carbocycles. The van der Waals surface area contributed by atoms with Crippen molar-refractivity contribution in [3.8, 4) is 5.82 Å². The molecule has 5 rings (SSSR count). The molecule has 0 saturated heterocycles. The van der Waals surface area contributed by atoms with E-state index in [1.165, 1.54) is 6.07 Å². The molecule has 3 aromatic heterocycles. The van der Waals surface area contributed by atoms with Gasteiger partial charge in [0.1, 0.15) is 17.0 Å². The van der Waals surface area contributed by atoms with Crippen LogP contribution in [-0.2, 0) is 0 Å². The van der Waals surface area contributed by atoms with Gasteiger partial charge in [0.05, 0.1) is 11.2 Å². The van der Waals surface area contributed by atoms with E-state index in [9.17, 15) is 9.59 Å². The van der Waals surface area contributed by atoms with Gasteiger partial charge in [-0.3, -0.25) is 4.79 Å².